The van der Waals surface area contributed by atoms with Gasteiger partial charge in [-0.3, -0.25) is 4.79 Å². The van der Waals surface area contributed by atoms with Crippen LogP contribution in [-0.2, 0) is 14.8 Å². The van der Waals surface area contributed by atoms with Crippen LogP contribution in [0.2, 0.25) is 0 Å². The van der Waals surface area contributed by atoms with Crippen LogP contribution in [0, 0.1) is 0 Å². The van der Waals surface area contributed by atoms with Crippen LogP contribution < -0.4 is 15.6 Å². The van der Waals surface area contributed by atoms with Crippen LogP contribution in [0.1, 0.15) is 17.3 Å². The number of primary amides is 1. The fourth-order valence-electron chi connectivity index (χ4n) is 2.83. The molecule has 5 N–H and O–H groups in total. The van der Waals surface area contributed by atoms with Crippen molar-refractivity contribution in [3.63, 3.8) is 0 Å². The van der Waals surface area contributed by atoms with E-state index < -0.39 is 22.2 Å². The molecular formula is C20H20N4O6S. The molecule has 0 saturated carbocycles. The van der Waals surface area contributed by atoms with Gasteiger partial charge in [-0.15, -0.1) is 5.11 Å². The Morgan fingerprint density at radius 3 is 2.39 bits per heavy atom. The van der Waals surface area contributed by atoms with Crippen molar-refractivity contribution >= 4 is 38.1 Å². The SMILES string of the molecule is COC(C)Oc1ccc(/N=N/c2cc(C(N)=O)c(O)c3ccccc23)cc1S(N)(=O)=O. The molecule has 0 aliphatic carbocycles. The van der Waals surface area contributed by atoms with E-state index in [9.17, 15) is 18.3 Å². The number of azo groups is 1. The van der Waals surface area contributed by atoms with Gasteiger partial charge in [0, 0.05) is 17.9 Å². The quantitative estimate of drug-likeness (QED) is 0.374. The number of hydrogen-bond donors (Lipinski definition) is 3. The molecule has 0 bridgehead atoms. The molecule has 0 radical (unpaired) electrons. The molecule has 0 fully saturated rings. The molecule has 11 heteroatoms. The van der Waals surface area contributed by atoms with Crippen LogP contribution in [-0.4, -0.2) is 32.8 Å². The largest absolute Gasteiger partial charge is 0.506 e. The van der Waals surface area contributed by atoms with E-state index in [0.717, 1.165) is 0 Å². The summed E-state index contributed by atoms with van der Waals surface area (Å²) in [5.41, 5.74) is 5.65. The summed E-state index contributed by atoms with van der Waals surface area (Å²) in [6.07, 6.45) is -0.705. The lowest BCUT2D eigenvalue weighted by Crippen LogP contribution is -2.18. The Kier molecular flexibility index (Phi) is 6.20. The minimum absolute atomic E-state index is 0.00176. The van der Waals surface area contributed by atoms with Crippen molar-refractivity contribution in [1.29, 1.82) is 0 Å². The van der Waals surface area contributed by atoms with Gasteiger partial charge in [-0.25, -0.2) is 13.6 Å². The number of hydrogen-bond acceptors (Lipinski definition) is 8. The molecule has 0 aliphatic heterocycles. The highest BCUT2D eigenvalue weighted by Gasteiger charge is 2.19. The van der Waals surface area contributed by atoms with Crippen LogP contribution in [0.5, 0.6) is 11.5 Å². The van der Waals surface area contributed by atoms with Gasteiger partial charge in [0.05, 0.1) is 16.9 Å². The number of primary sulfonamides is 1. The maximum Gasteiger partial charge on any atom is 0.252 e. The average molecular weight is 444 g/mol. The van der Waals surface area contributed by atoms with Crippen LogP contribution in [0.25, 0.3) is 10.8 Å². The van der Waals surface area contributed by atoms with Crippen molar-refractivity contribution < 1.29 is 27.8 Å². The topological polar surface area (TPSA) is 167 Å². The van der Waals surface area contributed by atoms with Gasteiger partial charge in [-0.05, 0) is 31.2 Å². The number of fused-ring (bicyclic) bond motifs is 1. The third kappa shape index (κ3) is 4.79. The number of benzene rings is 3. The number of carbonyl (C=O) groups excluding carboxylic acids is 1. The maximum absolute atomic E-state index is 12.0. The van der Waals surface area contributed by atoms with E-state index >= 15 is 0 Å². The minimum atomic E-state index is -4.13. The summed E-state index contributed by atoms with van der Waals surface area (Å²) >= 11 is 0. The van der Waals surface area contributed by atoms with Gasteiger partial charge in [0.1, 0.15) is 16.4 Å². The zero-order valence-electron chi connectivity index (χ0n) is 16.6. The molecule has 162 valence electrons. The average Bonchev–Trinajstić information content (AvgIpc) is 2.73. The molecule has 10 nitrogen and oxygen atoms in total. The molecule has 0 aliphatic rings. The van der Waals surface area contributed by atoms with Crippen LogP contribution in [0.4, 0.5) is 11.4 Å². The Morgan fingerprint density at radius 2 is 1.77 bits per heavy atom. The van der Waals surface area contributed by atoms with Gasteiger partial charge < -0.3 is 20.3 Å². The first-order chi connectivity index (χ1) is 14.6. The summed E-state index contributed by atoms with van der Waals surface area (Å²) in [5.74, 6) is -1.08. The van der Waals surface area contributed by atoms with E-state index in [4.69, 9.17) is 20.3 Å². The number of aromatic hydroxyl groups is 1. The molecule has 1 atom stereocenters. The minimum Gasteiger partial charge on any atom is -0.506 e. The molecule has 31 heavy (non-hydrogen) atoms. The first-order valence-electron chi connectivity index (χ1n) is 8.94. The van der Waals surface area contributed by atoms with Crippen molar-refractivity contribution in [2.45, 2.75) is 18.1 Å². The van der Waals surface area contributed by atoms with Gasteiger partial charge >= 0.3 is 0 Å². The number of phenols is 1. The Balaban J connectivity index is 2.09. The summed E-state index contributed by atoms with van der Waals surface area (Å²) in [6.45, 7) is 1.59. The number of ether oxygens (including phenoxy) is 2. The summed E-state index contributed by atoms with van der Waals surface area (Å²) in [6, 6.07) is 12.1. The lowest BCUT2D eigenvalue weighted by atomic mass is 10.0. The lowest BCUT2D eigenvalue weighted by molar-refractivity contribution is -0.0399. The second-order valence-corrected chi connectivity index (χ2v) is 8.03. The molecule has 1 unspecified atom stereocenters. The molecule has 3 rings (SSSR count). The van der Waals surface area contributed by atoms with Gasteiger partial charge in [0.15, 0.2) is 6.29 Å². The van der Waals surface area contributed by atoms with Gasteiger partial charge in [0.25, 0.3) is 5.91 Å². The molecule has 3 aromatic rings. The highest BCUT2D eigenvalue weighted by atomic mass is 32.2. The van der Waals surface area contributed by atoms with Crippen molar-refractivity contribution in [3.8, 4) is 11.5 Å². The highest BCUT2D eigenvalue weighted by Crippen LogP contribution is 2.37. The number of amides is 1. The van der Waals surface area contributed by atoms with E-state index in [1.54, 1.807) is 31.2 Å². The molecule has 0 spiro atoms. The molecule has 0 heterocycles. The summed E-state index contributed by atoms with van der Waals surface area (Å²) < 4.78 is 34.4. The van der Waals surface area contributed by atoms with Crippen molar-refractivity contribution in [2.75, 3.05) is 7.11 Å². The lowest BCUT2D eigenvalue weighted by Gasteiger charge is -2.15. The molecule has 1 amide bonds. The number of rotatable bonds is 7. The third-order valence-corrected chi connectivity index (χ3v) is 5.32. The number of methoxy groups -OCH3 is 1. The smallest absolute Gasteiger partial charge is 0.252 e. The van der Waals surface area contributed by atoms with Crippen LogP contribution in [0.15, 0.2) is 63.7 Å². The standard InChI is InChI=1S/C20H20N4O6S/c1-11(29-2)30-17-8-7-12(9-18(17)31(22,27)28)23-24-16-10-15(20(21)26)19(25)14-6-4-3-5-13(14)16/h3-11,25H,1-2H3,(H2,21,26)(H2,22,27,28)/b24-23+. The Morgan fingerprint density at radius 1 is 1.10 bits per heavy atom. The summed E-state index contributed by atoms with van der Waals surface area (Å²) in [7, 11) is -2.72. The van der Waals surface area contributed by atoms with E-state index in [0.29, 0.717) is 10.8 Å². The predicted octanol–water partition coefficient (Wildman–Crippen LogP) is 3.08. The number of nitrogens with zero attached hydrogens (tertiary/aromatic N) is 2. The summed E-state index contributed by atoms with van der Waals surface area (Å²) in [4.78, 5) is 11.4. The van der Waals surface area contributed by atoms with Gasteiger partial charge in [-0.1, -0.05) is 24.3 Å². The Bertz CT molecular complexity index is 1290. The number of carbonyl (C=O) groups is 1. The first-order valence-corrected chi connectivity index (χ1v) is 10.5. The van der Waals surface area contributed by atoms with E-state index in [2.05, 4.69) is 10.2 Å². The fourth-order valence-corrected chi connectivity index (χ4v) is 3.51. The number of sulfonamides is 1. The second kappa shape index (κ2) is 8.68. The normalized spacial score (nSPS) is 12.9. The zero-order valence-corrected chi connectivity index (χ0v) is 17.5. The van der Waals surface area contributed by atoms with E-state index in [1.807, 2.05) is 0 Å². The highest BCUT2D eigenvalue weighted by molar-refractivity contribution is 7.89. The molecular weight excluding hydrogens is 424 g/mol. The molecule has 0 saturated heterocycles. The third-order valence-electron chi connectivity index (χ3n) is 4.39. The number of nitrogens with two attached hydrogens (primary N) is 2. The fraction of sp³-hybridized carbons (Fsp3) is 0.150. The van der Waals surface area contributed by atoms with Gasteiger partial charge in [-0.2, -0.15) is 5.11 Å². The van der Waals surface area contributed by atoms with E-state index in [1.165, 1.54) is 31.4 Å². The summed E-state index contributed by atoms with van der Waals surface area (Å²) in [5, 5.41) is 24.7. The van der Waals surface area contributed by atoms with Crippen molar-refractivity contribution in [2.24, 2.45) is 21.1 Å². The maximum atomic E-state index is 12.0. The zero-order chi connectivity index (χ0) is 22.8. The first kappa shape index (κ1) is 22.2. The Labute approximate surface area is 178 Å². The van der Waals surface area contributed by atoms with Crippen molar-refractivity contribution in [1.82, 2.24) is 0 Å². The van der Waals surface area contributed by atoms with Gasteiger partial charge in [0.2, 0.25) is 10.0 Å². The Hall–Kier alpha value is -3.54. The van der Waals surface area contributed by atoms with Crippen LogP contribution in [0.3, 0.4) is 0 Å². The predicted molar refractivity (Wildman–Crippen MR) is 113 cm³/mol. The van der Waals surface area contributed by atoms with Crippen molar-refractivity contribution in [3.05, 3.63) is 54.1 Å². The van der Waals surface area contributed by atoms with Crippen LogP contribution >= 0.6 is 0 Å². The molecule has 3 aromatic carbocycles. The second-order valence-electron chi connectivity index (χ2n) is 6.50. The molecule has 0 aromatic heterocycles. The van der Waals surface area contributed by atoms with E-state index in [-0.39, 0.29) is 33.3 Å². The monoisotopic (exact) mass is 444 g/mol.